The molecule has 0 aliphatic heterocycles. The number of nitrogens with zero attached hydrogens (tertiary/aromatic N) is 1. The van der Waals surface area contributed by atoms with E-state index in [1.54, 1.807) is 6.92 Å². The molecule has 1 aromatic rings. The van der Waals surface area contributed by atoms with Gasteiger partial charge in [-0.3, -0.25) is 10.1 Å². The first-order valence-corrected chi connectivity index (χ1v) is 5.83. The highest BCUT2D eigenvalue weighted by atomic mass is 79.9. The van der Waals surface area contributed by atoms with Gasteiger partial charge in [-0.25, -0.2) is 9.18 Å². The van der Waals surface area contributed by atoms with Crippen molar-refractivity contribution in [2.75, 3.05) is 6.61 Å². The van der Waals surface area contributed by atoms with Crippen LogP contribution in [-0.4, -0.2) is 17.5 Å². The first-order chi connectivity index (χ1) is 8.02. The highest BCUT2D eigenvalue weighted by molar-refractivity contribution is 9.08. The van der Waals surface area contributed by atoms with Gasteiger partial charge in [0.2, 0.25) is 0 Å². The second-order valence-electron chi connectivity index (χ2n) is 3.03. The summed E-state index contributed by atoms with van der Waals surface area (Å²) >= 11 is 3.00. The average Bonchev–Trinajstić information content (AvgIpc) is 2.28. The average molecular weight is 306 g/mol. The van der Waals surface area contributed by atoms with Crippen molar-refractivity contribution in [2.45, 2.75) is 12.3 Å². The number of nitro benzene ring substituents is 1. The summed E-state index contributed by atoms with van der Waals surface area (Å²) in [5.74, 6) is -1.73. The highest BCUT2D eigenvalue weighted by Gasteiger charge is 2.25. The van der Waals surface area contributed by atoms with Crippen molar-refractivity contribution in [1.29, 1.82) is 0 Å². The summed E-state index contributed by atoms with van der Waals surface area (Å²) in [5, 5.41) is 10.7. The molecule has 5 nitrogen and oxygen atoms in total. The third-order valence-electron chi connectivity index (χ3n) is 2.05. The van der Waals surface area contributed by atoms with Crippen LogP contribution >= 0.6 is 15.9 Å². The van der Waals surface area contributed by atoms with E-state index in [4.69, 9.17) is 0 Å². The van der Waals surface area contributed by atoms with Gasteiger partial charge in [0.15, 0.2) is 0 Å². The first-order valence-electron chi connectivity index (χ1n) is 4.71. The SMILES string of the molecule is CCOC(=O)c1c(F)ccc([N+](=O)[O-])c1CBr. The van der Waals surface area contributed by atoms with Crippen LogP contribution in [0.2, 0.25) is 0 Å². The Hall–Kier alpha value is -1.50. The number of ether oxygens (including phenoxy) is 1. The minimum Gasteiger partial charge on any atom is -0.462 e. The lowest BCUT2D eigenvalue weighted by atomic mass is 10.1. The number of rotatable bonds is 4. The van der Waals surface area contributed by atoms with Gasteiger partial charge >= 0.3 is 5.97 Å². The number of esters is 1. The summed E-state index contributed by atoms with van der Waals surface area (Å²) in [5.41, 5.74) is -0.724. The summed E-state index contributed by atoms with van der Waals surface area (Å²) in [4.78, 5) is 21.6. The number of nitro groups is 1. The predicted octanol–water partition coefficient (Wildman–Crippen LogP) is 2.81. The Morgan fingerprint density at radius 3 is 2.71 bits per heavy atom. The van der Waals surface area contributed by atoms with Crippen LogP contribution in [0.4, 0.5) is 10.1 Å². The van der Waals surface area contributed by atoms with Gasteiger partial charge in [0.1, 0.15) is 11.4 Å². The minimum absolute atomic E-state index is 0.00474. The molecule has 0 bridgehead atoms. The Kier molecular flexibility index (Phi) is 4.56. The minimum atomic E-state index is -0.900. The molecule has 0 N–H and O–H groups in total. The molecule has 1 aromatic carbocycles. The maximum atomic E-state index is 13.5. The molecule has 1 rings (SSSR count). The van der Waals surface area contributed by atoms with Gasteiger partial charge < -0.3 is 4.74 Å². The fourth-order valence-electron chi connectivity index (χ4n) is 1.34. The molecule has 17 heavy (non-hydrogen) atoms. The van der Waals surface area contributed by atoms with Gasteiger partial charge in [-0.15, -0.1) is 0 Å². The maximum Gasteiger partial charge on any atom is 0.341 e. The lowest BCUT2D eigenvalue weighted by Crippen LogP contribution is -2.12. The third-order valence-corrected chi connectivity index (χ3v) is 2.61. The topological polar surface area (TPSA) is 69.4 Å². The number of alkyl halides is 1. The van der Waals surface area contributed by atoms with Crippen LogP contribution in [0.5, 0.6) is 0 Å². The largest absolute Gasteiger partial charge is 0.462 e. The van der Waals surface area contributed by atoms with Crippen LogP contribution in [0.1, 0.15) is 22.8 Å². The molecule has 0 unspecified atom stereocenters. The standard InChI is InChI=1S/C10H9BrFNO4/c1-2-17-10(14)9-6(5-11)8(13(15)16)4-3-7(9)12/h3-4H,2,5H2,1H3. The zero-order valence-corrected chi connectivity index (χ0v) is 10.5. The first kappa shape index (κ1) is 13.6. The highest BCUT2D eigenvalue weighted by Crippen LogP contribution is 2.27. The molecule has 0 aliphatic rings. The van der Waals surface area contributed by atoms with Gasteiger partial charge in [0.05, 0.1) is 17.1 Å². The zero-order chi connectivity index (χ0) is 13.0. The van der Waals surface area contributed by atoms with Crippen molar-refractivity contribution in [3.8, 4) is 0 Å². The molecule has 0 saturated heterocycles. The molecule has 0 fully saturated rings. The van der Waals surface area contributed by atoms with Crippen molar-refractivity contribution in [3.05, 3.63) is 39.2 Å². The van der Waals surface area contributed by atoms with E-state index in [1.807, 2.05) is 0 Å². The second kappa shape index (κ2) is 5.72. The quantitative estimate of drug-likeness (QED) is 0.371. The lowest BCUT2D eigenvalue weighted by molar-refractivity contribution is -0.385. The summed E-state index contributed by atoms with van der Waals surface area (Å²) in [6.07, 6.45) is 0. The molecular formula is C10H9BrFNO4. The van der Waals surface area contributed by atoms with Gasteiger partial charge in [0.25, 0.3) is 5.69 Å². The van der Waals surface area contributed by atoms with Gasteiger partial charge in [-0.2, -0.15) is 0 Å². The Morgan fingerprint density at radius 1 is 1.59 bits per heavy atom. The summed E-state index contributed by atoms with van der Waals surface area (Å²) in [6.45, 7) is 1.64. The number of carbonyl (C=O) groups is 1. The molecule has 7 heteroatoms. The molecule has 0 spiro atoms. The number of benzene rings is 1. The predicted molar refractivity (Wildman–Crippen MR) is 61.6 cm³/mol. The van der Waals surface area contributed by atoms with Gasteiger partial charge in [-0.1, -0.05) is 15.9 Å². The Bertz CT molecular complexity index is 464. The summed E-state index contributed by atoms with van der Waals surface area (Å²) in [7, 11) is 0. The van der Waals surface area contributed by atoms with E-state index in [2.05, 4.69) is 20.7 Å². The van der Waals surface area contributed by atoms with E-state index in [9.17, 15) is 19.3 Å². The number of hydrogen-bond donors (Lipinski definition) is 0. The molecule has 92 valence electrons. The third kappa shape index (κ3) is 2.79. The van der Waals surface area contributed by atoms with Crippen LogP contribution in [0.3, 0.4) is 0 Å². The number of halogens is 2. The lowest BCUT2D eigenvalue weighted by Gasteiger charge is -2.08. The van der Waals surface area contributed by atoms with Crippen molar-refractivity contribution < 1.29 is 18.8 Å². The molecule has 0 atom stereocenters. The number of carbonyl (C=O) groups excluding carboxylic acids is 1. The van der Waals surface area contributed by atoms with E-state index >= 15 is 0 Å². The molecule has 0 aromatic heterocycles. The summed E-state index contributed by atoms with van der Waals surface area (Å²) in [6, 6.07) is 1.91. The van der Waals surface area contributed by atoms with Crippen molar-refractivity contribution >= 4 is 27.6 Å². The van der Waals surface area contributed by atoms with Crippen LogP contribution in [0.25, 0.3) is 0 Å². The van der Waals surface area contributed by atoms with E-state index < -0.39 is 22.3 Å². The van der Waals surface area contributed by atoms with Gasteiger partial charge in [0, 0.05) is 11.4 Å². The van der Waals surface area contributed by atoms with E-state index in [0.29, 0.717) is 0 Å². The van der Waals surface area contributed by atoms with Crippen LogP contribution in [-0.2, 0) is 10.1 Å². The molecule has 0 heterocycles. The van der Waals surface area contributed by atoms with E-state index in [1.165, 1.54) is 0 Å². The van der Waals surface area contributed by atoms with Gasteiger partial charge in [-0.05, 0) is 13.0 Å². The Labute approximate surface area is 105 Å². The van der Waals surface area contributed by atoms with E-state index in [0.717, 1.165) is 12.1 Å². The molecule has 0 radical (unpaired) electrons. The molecule has 0 amide bonds. The number of hydrogen-bond acceptors (Lipinski definition) is 4. The normalized spacial score (nSPS) is 10.1. The Balaban J connectivity index is 3.40. The van der Waals surface area contributed by atoms with Crippen LogP contribution < -0.4 is 0 Å². The smallest absolute Gasteiger partial charge is 0.341 e. The van der Waals surface area contributed by atoms with Crippen molar-refractivity contribution in [2.24, 2.45) is 0 Å². The Morgan fingerprint density at radius 2 is 2.24 bits per heavy atom. The van der Waals surface area contributed by atoms with Crippen LogP contribution in [0.15, 0.2) is 12.1 Å². The zero-order valence-electron chi connectivity index (χ0n) is 8.91. The molecular weight excluding hydrogens is 297 g/mol. The van der Waals surface area contributed by atoms with E-state index in [-0.39, 0.29) is 23.2 Å². The molecule has 0 aliphatic carbocycles. The summed E-state index contributed by atoms with van der Waals surface area (Å²) < 4.78 is 18.2. The maximum absolute atomic E-state index is 13.5. The van der Waals surface area contributed by atoms with Crippen LogP contribution in [0, 0.1) is 15.9 Å². The van der Waals surface area contributed by atoms with Crippen molar-refractivity contribution in [1.82, 2.24) is 0 Å². The van der Waals surface area contributed by atoms with Crippen molar-refractivity contribution in [3.63, 3.8) is 0 Å². The second-order valence-corrected chi connectivity index (χ2v) is 3.59. The molecule has 0 saturated carbocycles. The fourth-order valence-corrected chi connectivity index (χ4v) is 1.91. The fraction of sp³-hybridized carbons (Fsp3) is 0.300. The monoisotopic (exact) mass is 305 g/mol.